The molecule has 7 nitrogen and oxygen atoms in total. The van der Waals surface area contributed by atoms with E-state index in [0.29, 0.717) is 25.1 Å². The van der Waals surface area contributed by atoms with Gasteiger partial charge in [0.2, 0.25) is 0 Å². The van der Waals surface area contributed by atoms with Crippen LogP contribution in [0.25, 0.3) is 10.9 Å². The SMILES string of the molecule is C#CC(C)NC(=O)c1n[nH]c2c1CN(C(=O)c1cnc3c(Br)cccc3c1)CC2. The molecule has 0 radical (unpaired) electrons. The molecule has 3 aromatic rings. The predicted molar refractivity (Wildman–Crippen MR) is 112 cm³/mol. The molecule has 0 saturated heterocycles. The number of carbonyl (C=O) groups excluding carboxylic acids is 2. The van der Waals surface area contributed by atoms with Crippen molar-refractivity contribution in [2.24, 2.45) is 0 Å². The number of hydrogen-bond donors (Lipinski definition) is 2. The quantitative estimate of drug-likeness (QED) is 0.598. The second-order valence-electron chi connectivity index (χ2n) is 6.90. The Morgan fingerprint density at radius 3 is 3.03 bits per heavy atom. The number of halogens is 1. The number of para-hydroxylation sites is 1. The zero-order valence-electron chi connectivity index (χ0n) is 15.7. The first-order chi connectivity index (χ1) is 14.0. The number of nitrogens with zero attached hydrogens (tertiary/aromatic N) is 3. The molecule has 3 heterocycles. The average molecular weight is 452 g/mol. The highest BCUT2D eigenvalue weighted by Crippen LogP contribution is 2.25. The molecule has 2 N–H and O–H groups in total. The minimum absolute atomic E-state index is 0.130. The zero-order valence-corrected chi connectivity index (χ0v) is 17.3. The summed E-state index contributed by atoms with van der Waals surface area (Å²) < 4.78 is 0.881. The van der Waals surface area contributed by atoms with Crippen LogP contribution in [-0.2, 0) is 13.0 Å². The van der Waals surface area contributed by atoms with Gasteiger partial charge in [0, 0.05) is 40.3 Å². The van der Waals surface area contributed by atoms with Crippen LogP contribution in [-0.4, -0.2) is 44.5 Å². The van der Waals surface area contributed by atoms with Crippen LogP contribution >= 0.6 is 15.9 Å². The van der Waals surface area contributed by atoms with E-state index < -0.39 is 6.04 Å². The first kappa shape index (κ1) is 19.2. The molecule has 1 unspecified atom stereocenters. The van der Waals surface area contributed by atoms with Crippen molar-refractivity contribution in [3.8, 4) is 12.3 Å². The number of aromatic nitrogens is 3. The van der Waals surface area contributed by atoms with Gasteiger partial charge in [0.25, 0.3) is 11.8 Å². The van der Waals surface area contributed by atoms with Gasteiger partial charge in [0.15, 0.2) is 5.69 Å². The number of hydrogen-bond acceptors (Lipinski definition) is 4. The van der Waals surface area contributed by atoms with Crippen LogP contribution in [0.1, 0.15) is 39.0 Å². The van der Waals surface area contributed by atoms with Gasteiger partial charge in [-0.15, -0.1) is 6.42 Å². The van der Waals surface area contributed by atoms with Crippen LogP contribution in [0.15, 0.2) is 34.9 Å². The molecule has 0 spiro atoms. The van der Waals surface area contributed by atoms with Crippen molar-refractivity contribution in [2.45, 2.75) is 25.9 Å². The van der Waals surface area contributed by atoms with E-state index >= 15 is 0 Å². The minimum Gasteiger partial charge on any atom is -0.337 e. The second kappa shape index (κ2) is 7.68. The Morgan fingerprint density at radius 2 is 2.24 bits per heavy atom. The Hall–Kier alpha value is -3.18. The molecule has 4 rings (SSSR count). The van der Waals surface area contributed by atoms with Crippen LogP contribution in [0.4, 0.5) is 0 Å². The molecule has 0 bridgehead atoms. The molecule has 146 valence electrons. The molecule has 29 heavy (non-hydrogen) atoms. The third-order valence-corrected chi connectivity index (χ3v) is 5.58. The number of amides is 2. The van der Waals surface area contributed by atoms with E-state index in [9.17, 15) is 9.59 Å². The summed E-state index contributed by atoms with van der Waals surface area (Å²) in [7, 11) is 0. The summed E-state index contributed by atoms with van der Waals surface area (Å²) in [5.41, 5.74) is 3.19. The summed E-state index contributed by atoms with van der Waals surface area (Å²) in [6, 6.07) is 7.17. The number of rotatable bonds is 3. The number of aromatic amines is 1. The van der Waals surface area contributed by atoms with Crippen LogP contribution in [0.5, 0.6) is 0 Å². The van der Waals surface area contributed by atoms with E-state index in [4.69, 9.17) is 6.42 Å². The van der Waals surface area contributed by atoms with E-state index in [1.165, 1.54) is 0 Å². The van der Waals surface area contributed by atoms with Crippen LogP contribution < -0.4 is 5.32 Å². The number of carbonyl (C=O) groups is 2. The predicted octanol–water partition coefficient (Wildman–Crippen LogP) is 2.67. The number of H-pyrrole nitrogens is 1. The molecule has 1 aromatic carbocycles. The van der Waals surface area contributed by atoms with Gasteiger partial charge in [-0.1, -0.05) is 18.1 Å². The third-order valence-electron chi connectivity index (χ3n) is 4.94. The van der Waals surface area contributed by atoms with Crippen molar-refractivity contribution in [1.29, 1.82) is 0 Å². The highest BCUT2D eigenvalue weighted by molar-refractivity contribution is 9.10. The lowest BCUT2D eigenvalue weighted by molar-refractivity contribution is 0.0731. The molecule has 1 atom stereocenters. The molecular weight excluding hydrogens is 434 g/mol. The van der Waals surface area contributed by atoms with Gasteiger partial charge >= 0.3 is 0 Å². The molecule has 2 aromatic heterocycles. The van der Waals surface area contributed by atoms with Gasteiger partial charge in [-0.2, -0.15) is 5.10 Å². The van der Waals surface area contributed by atoms with Crippen molar-refractivity contribution in [3.05, 3.63) is 57.4 Å². The van der Waals surface area contributed by atoms with Crippen molar-refractivity contribution in [3.63, 3.8) is 0 Å². The number of fused-ring (bicyclic) bond motifs is 2. The van der Waals surface area contributed by atoms with Gasteiger partial charge in [0.05, 0.1) is 23.7 Å². The maximum atomic E-state index is 13.1. The van der Waals surface area contributed by atoms with Crippen LogP contribution in [0, 0.1) is 12.3 Å². The molecule has 1 aliphatic rings. The second-order valence-corrected chi connectivity index (χ2v) is 7.76. The normalized spacial score (nSPS) is 14.2. The minimum atomic E-state index is -0.404. The van der Waals surface area contributed by atoms with Crippen molar-refractivity contribution < 1.29 is 9.59 Å². The summed E-state index contributed by atoms with van der Waals surface area (Å²) >= 11 is 3.47. The lowest BCUT2D eigenvalue weighted by Gasteiger charge is -2.27. The summed E-state index contributed by atoms with van der Waals surface area (Å²) in [6.45, 7) is 2.55. The average Bonchev–Trinajstić information content (AvgIpc) is 3.16. The van der Waals surface area contributed by atoms with Crippen molar-refractivity contribution in [2.75, 3.05) is 6.54 Å². The molecule has 0 fully saturated rings. The van der Waals surface area contributed by atoms with Crippen molar-refractivity contribution in [1.82, 2.24) is 25.4 Å². The molecular formula is C21H18BrN5O2. The Bertz CT molecular complexity index is 1160. The maximum Gasteiger partial charge on any atom is 0.273 e. The summed E-state index contributed by atoms with van der Waals surface area (Å²) in [4.78, 5) is 31.7. The Morgan fingerprint density at radius 1 is 1.41 bits per heavy atom. The van der Waals surface area contributed by atoms with Gasteiger partial charge < -0.3 is 10.2 Å². The van der Waals surface area contributed by atoms with E-state index in [-0.39, 0.29) is 17.5 Å². The van der Waals surface area contributed by atoms with Gasteiger partial charge in [-0.05, 0) is 35.0 Å². The lowest BCUT2D eigenvalue weighted by atomic mass is 10.0. The fourth-order valence-corrected chi connectivity index (χ4v) is 3.87. The summed E-state index contributed by atoms with van der Waals surface area (Å²) in [6.07, 6.45) is 7.51. The Balaban J connectivity index is 1.58. The fourth-order valence-electron chi connectivity index (χ4n) is 3.39. The topological polar surface area (TPSA) is 91.0 Å². The van der Waals surface area contributed by atoms with Crippen LogP contribution in [0.3, 0.4) is 0 Å². The third kappa shape index (κ3) is 3.61. The van der Waals surface area contributed by atoms with Gasteiger partial charge in [-0.3, -0.25) is 19.7 Å². The maximum absolute atomic E-state index is 13.1. The van der Waals surface area contributed by atoms with E-state index in [1.807, 2.05) is 24.3 Å². The molecule has 0 aliphatic carbocycles. The highest BCUT2D eigenvalue weighted by Gasteiger charge is 2.28. The molecule has 8 heteroatoms. The summed E-state index contributed by atoms with van der Waals surface area (Å²) in [5, 5.41) is 10.6. The number of benzene rings is 1. The number of pyridine rings is 1. The monoisotopic (exact) mass is 451 g/mol. The van der Waals surface area contributed by atoms with Crippen LogP contribution in [0.2, 0.25) is 0 Å². The van der Waals surface area contributed by atoms with Gasteiger partial charge in [0.1, 0.15) is 0 Å². The number of nitrogens with one attached hydrogen (secondary N) is 2. The Labute approximate surface area is 176 Å². The summed E-state index contributed by atoms with van der Waals surface area (Å²) in [5.74, 6) is 1.98. The molecule has 2 amide bonds. The smallest absolute Gasteiger partial charge is 0.273 e. The molecule has 1 aliphatic heterocycles. The van der Waals surface area contributed by atoms with E-state index in [2.05, 4.69) is 42.3 Å². The lowest BCUT2D eigenvalue weighted by Crippen LogP contribution is -2.37. The molecule has 0 saturated carbocycles. The first-order valence-electron chi connectivity index (χ1n) is 9.14. The fraction of sp³-hybridized carbons (Fsp3) is 0.238. The van der Waals surface area contributed by atoms with E-state index in [1.54, 1.807) is 18.0 Å². The highest BCUT2D eigenvalue weighted by atomic mass is 79.9. The Kier molecular flexibility index (Phi) is 5.07. The van der Waals surface area contributed by atoms with Gasteiger partial charge in [-0.25, -0.2) is 0 Å². The van der Waals surface area contributed by atoms with Crippen molar-refractivity contribution >= 4 is 38.6 Å². The number of terminal acetylenes is 1. The van der Waals surface area contributed by atoms with E-state index in [0.717, 1.165) is 26.6 Å². The largest absolute Gasteiger partial charge is 0.337 e. The zero-order chi connectivity index (χ0) is 20.5. The first-order valence-corrected chi connectivity index (χ1v) is 9.94. The standard InChI is InChI=1S/C21H18BrN5O2/c1-3-12(2)24-20(28)19-15-11-27(8-7-17(15)25-26-19)21(29)14-9-13-5-4-6-16(22)18(13)23-10-14/h1,4-6,9-10,12H,7-8,11H2,2H3,(H,24,28)(H,25,26).